The van der Waals surface area contributed by atoms with Crippen LogP contribution in [0.2, 0.25) is 0 Å². The molecule has 0 heterocycles. The normalized spacial score (nSPS) is 10.2. The summed E-state index contributed by atoms with van der Waals surface area (Å²) in [5.74, 6) is -0.494. The van der Waals surface area contributed by atoms with Gasteiger partial charge in [-0.2, -0.15) is 5.48 Å². The molecule has 0 unspecified atom stereocenters. The summed E-state index contributed by atoms with van der Waals surface area (Å²) in [7, 11) is 0. The van der Waals surface area contributed by atoms with Crippen LogP contribution < -0.4 is 11.2 Å². The van der Waals surface area contributed by atoms with E-state index in [-0.39, 0.29) is 6.42 Å². The molecule has 0 aliphatic heterocycles. The summed E-state index contributed by atoms with van der Waals surface area (Å²) in [6, 6.07) is 6.83. The third-order valence-corrected chi connectivity index (χ3v) is 2.25. The van der Waals surface area contributed by atoms with Crippen LogP contribution in [0.1, 0.15) is 22.3 Å². The van der Waals surface area contributed by atoms with E-state index >= 15 is 0 Å². The number of rotatable bonds is 7. The Hall–Kier alpha value is -1.46. The molecule has 17 heavy (non-hydrogen) atoms. The second-order valence-corrected chi connectivity index (χ2v) is 3.52. The molecule has 0 saturated carbocycles. The maximum Gasteiger partial charge on any atom is 0.357 e. The van der Waals surface area contributed by atoms with Crippen LogP contribution in [0.15, 0.2) is 24.3 Å². The Kier molecular flexibility index (Phi) is 6.21. The molecule has 0 bridgehead atoms. The lowest BCUT2D eigenvalue weighted by Crippen LogP contribution is -2.23. The maximum atomic E-state index is 12.3. The minimum absolute atomic E-state index is 0.216. The molecule has 4 nitrogen and oxygen atoms in total. The van der Waals surface area contributed by atoms with E-state index < -0.39 is 12.6 Å². The van der Waals surface area contributed by atoms with Crippen LogP contribution in [0.4, 0.5) is 4.39 Å². The molecule has 94 valence electrons. The van der Waals surface area contributed by atoms with E-state index in [4.69, 9.17) is 10.6 Å². The quantitative estimate of drug-likeness (QED) is 0.555. The van der Waals surface area contributed by atoms with Gasteiger partial charge < -0.3 is 10.6 Å². The smallest absolute Gasteiger partial charge is 0.357 e. The first-order chi connectivity index (χ1) is 8.29. The number of alkyl halides is 1. The molecule has 3 N–H and O–H groups in total. The van der Waals surface area contributed by atoms with Gasteiger partial charge in [-0.1, -0.05) is 18.2 Å². The molecule has 0 aromatic heterocycles. The Morgan fingerprint density at radius 2 is 2.18 bits per heavy atom. The van der Waals surface area contributed by atoms with Gasteiger partial charge in [-0.05, 0) is 24.6 Å². The van der Waals surface area contributed by atoms with Crippen molar-refractivity contribution in [2.75, 3.05) is 19.8 Å². The summed E-state index contributed by atoms with van der Waals surface area (Å²) in [6.45, 7) is 0.543. The lowest BCUT2D eigenvalue weighted by molar-refractivity contribution is 0.0252. The number of carbonyl (C=O) groups excluding carboxylic acids is 1. The number of nitrogens with two attached hydrogens (primary N) is 1. The highest BCUT2D eigenvalue weighted by molar-refractivity contribution is 5.90. The molecule has 1 aromatic carbocycles. The van der Waals surface area contributed by atoms with E-state index in [1.54, 1.807) is 24.3 Å². The molecule has 1 aromatic rings. The monoisotopic (exact) mass is 240 g/mol. The van der Waals surface area contributed by atoms with E-state index in [0.717, 1.165) is 6.42 Å². The van der Waals surface area contributed by atoms with Gasteiger partial charge in [0.15, 0.2) is 0 Å². The van der Waals surface area contributed by atoms with Crippen molar-refractivity contribution in [1.29, 1.82) is 0 Å². The molecule has 0 atom stereocenters. The Morgan fingerprint density at radius 3 is 2.88 bits per heavy atom. The SMILES string of the molecule is NCCCNOC(=O)c1ccccc1CCF. The third kappa shape index (κ3) is 4.50. The van der Waals surface area contributed by atoms with Gasteiger partial charge in [-0.25, -0.2) is 4.79 Å². The molecular formula is C12H17FN2O2. The molecular weight excluding hydrogens is 223 g/mol. The standard InChI is InChI=1S/C12H17FN2O2/c13-7-6-10-4-1-2-5-11(10)12(16)17-15-9-3-8-14/h1-2,4-5,15H,3,6-9,14H2. The van der Waals surface area contributed by atoms with Crippen molar-refractivity contribution in [1.82, 2.24) is 5.48 Å². The predicted octanol–water partition coefficient (Wildman–Crippen LogP) is 1.21. The van der Waals surface area contributed by atoms with Gasteiger partial charge in [0.2, 0.25) is 0 Å². The average Bonchev–Trinajstić information content (AvgIpc) is 2.35. The zero-order chi connectivity index (χ0) is 12.5. The van der Waals surface area contributed by atoms with Gasteiger partial charge >= 0.3 is 5.97 Å². The first-order valence-electron chi connectivity index (χ1n) is 5.57. The number of carbonyl (C=O) groups is 1. The average molecular weight is 240 g/mol. The van der Waals surface area contributed by atoms with E-state index in [1.165, 1.54) is 0 Å². The maximum absolute atomic E-state index is 12.3. The molecule has 0 saturated heterocycles. The Bertz CT molecular complexity index is 358. The zero-order valence-electron chi connectivity index (χ0n) is 9.62. The highest BCUT2D eigenvalue weighted by Crippen LogP contribution is 2.10. The van der Waals surface area contributed by atoms with Gasteiger partial charge in [-0.15, -0.1) is 0 Å². The number of nitrogens with one attached hydrogen (secondary N) is 1. The highest BCUT2D eigenvalue weighted by atomic mass is 19.1. The predicted molar refractivity (Wildman–Crippen MR) is 63.2 cm³/mol. The van der Waals surface area contributed by atoms with Crippen molar-refractivity contribution in [3.05, 3.63) is 35.4 Å². The Balaban J connectivity index is 2.55. The van der Waals surface area contributed by atoms with Crippen LogP contribution in [0.5, 0.6) is 0 Å². The van der Waals surface area contributed by atoms with Gasteiger partial charge in [0, 0.05) is 13.0 Å². The number of aryl methyl sites for hydroxylation is 1. The lowest BCUT2D eigenvalue weighted by Gasteiger charge is -2.08. The Morgan fingerprint density at radius 1 is 1.41 bits per heavy atom. The number of hydroxylamine groups is 1. The number of halogens is 1. The fraction of sp³-hybridized carbons (Fsp3) is 0.417. The number of hydrogen-bond acceptors (Lipinski definition) is 4. The summed E-state index contributed by atoms with van der Waals surface area (Å²) in [5.41, 5.74) is 8.88. The third-order valence-electron chi connectivity index (χ3n) is 2.25. The van der Waals surface area contributed by atoms with Crippen LogP contribution in [0.25, 0.3) is 0 Å². The molecule has 1 rings (SSSR count). The van der Waals surface area contributed by atoms with E-state index in [1.807, 2.05) is 0 Å². The fourth-order valence-electron chi connectivity index (χ4n) is 1.39. The summed E-state index contributed by atoms with van der Waals surface area (Å²) in [4.78, 5) is 16.5. The van der Waals surface area contributed by atoms with Crippen LogP contribution in [-0.2, 0) is 11.3 Å². The van der Waals surface area contributed by atoms with Crippen molar-refractivity contribution in [2.45, 2.75) is 12.8 Å². The van der Waals surface area contributed by atoms with Gasteiger partial charge in [0.05, 0.1) is 12.2 Å². The largest absolute Gasteiger partial charge is 0.367 e. The summed E-state index contributed by atoms with van der Waals surface area (Å²) in [5, 5.41) is 0. The Labute approximate surface area is 99.9 Å². The van der Waals surface area contributed by atoms with Gasteiger partial charge in [0.1, 0.15) is 0 Å². The van der Waals surface area contributed by atoms with E-state index in [0.29, 0.717) is 24.2 Å². The van der Waals surface area contributed by atoms with E-state index in [9.17, 15) is 9.18 Å². The van der Waals surface area contributed by atoms with Crippen molar-refractivity contribution >= 4 is 5.97 Å². The van der Waals surface area contributed by atoms with Crippen molar-refractivity contribution in [3.8, 4) is 0 Å². The van der Waals surface area contributed by atoms with Crippen LogP contribution in [-0.4, -0.2) is 25.7 Å². The topological polar surface area (TPSA) is 64.3 Å². The van der Waals surface area contributed by atoms with Crippen molar-refractivity contribution in [2.24, 2.45) is 5.73 Å². The van der Waals surface area contributed by atoms with Crippen LogP contribution in [0.3, 0.4) is 0 Å². The highest BCUT2D eigenvalue weighted by Gasteiger charge is 2.11. The summed E-state index contributed by atoms with van der Waals surface area (Å²) >= 11 is 0. The lowest BCUT2D eigenvalue weighted by atomic mass is 10.1. The second kappa shape index (κ2) is 7.76. The minimum atomic E-state index is -0.495. The molecule has 5 heteroatoms. The molecule has 0 fully saturated rings. The molecule has 0 amide bonds. The second-order valence-electron chi connectivity index (χ2n) is 3.52. The number of hydrogen-bond donors (Lipinski definition) is 2. The first kappa shape index (κ1) is 13.6. The van der Waals surface area contributed by atoms with Crippen LogP contribution in [0, 0.1) is 0 Å². The molecule has 0 aliphatic rings. The van der Waals surface area contributed by atoms with Crippen molar-refractivity contribution < 1.29 is 14.0 Å². The summed E-state index contributed by atoms with van der Waals surface area (Å²) < 4.78 is 12.3. The van der Waals surface area contributed by atoms with Gasteiger partial charge in [-0.3, -0.25) is 4.39 Å². The fourth-order valence-corrected chi connectivity index (χ4v) is 1.39. The molecule has 0 aliphatic carbocycles. The number of benzene rings is 1. The summed E-state index contributed by atoms with van der Waals surface area (Å²) in [6.07, 6.45) is 0.938. The van der Waals surface area contributed by atoms with E-state index in [2.05, 4.69) is 5.48 Å². The minimum Gasteiger partial charge on any atom is -0.367 e. The molecule has 0 spiro atoms. The zero-order valence-corrected chi connectivity index (χ0v) is 9.62. The van der Waals surface area contributed by atoms with Gasteiger partial charge in [0.25, 0.3) is 0 Å². The van der Waals surface area contributed by atoms with Crippen molar-refractivity contribution in [3.63, 3.8) is 0 Å². The molecule has 0 radical (unpaired) electrons. The first-order valence-corrected chi connectivity index (χ1v) is 5.57. The van der Waals surface area contributed by atoms with Crippen LogP contribution >= 0.6 is 0 Å².